The zero-order valence-corrected chi connectivity index (χ0v) is 21.4. The highest BCUT2D eigenvalue weighted by Crippen LogP contribution is 2.37. The van der Waals surface area contributed by atoms with Gasteiger partial charge in [0, 0.05) is 15.6 Å². The Labute approximate surface area is 220 Å². The van der Waals surface area contributed by atoms with Crippen LogP contribution in [-0.2, 0) is 11.4 Å². The van der Waals surface area contributed by atoms with Crippen LogP contribution in [0.4, 0.5) is 5.69 Å². The van der Waals surface area contributed by atoms with E-state index in [-0.39, 0.29) is 12.5 Å². The van der Waals surface area contributed by atoms with Crippen LogP contribution in [0.15, 0.2) is 64.5 Å². The van der Waals surface area contributed by atoms with Crippen LogP contribution in [0.25, 0.3) is 6.08 Å². The molecular weight excluding hydrogens is 538 g/mol. The van der Waals surface area contributed by atoms with Crippen LogP contribution in [0.5, 0.6) is 11.5 Å². The summed E-state index contributed by atoms with van der Waals surface area (Å²) in [5.74, 6) is 0.786. The maximum absolute atomic E-state index is 12.4. The highest BCUT2D eigenvalue weighted by atomic mass is 35.5. The van der Waals surface area contributed by atoms with Crippen LogP contribution in [0.3, 0.4) is 0 Å². The molecule has 0 unspecified atom stereocenters. The first-order chi connectivity index (χ1) is 16.3. The van der Waals surface area contributed by atoms with Crippen LogP contribution in [0.2, 0.25) is 20.1 Å². The van der Waals surface area contributed by atoms with Crippen LogP contribution >= 0.6 is 58.2 Å². The third-order valence-corrected chi connectivity index (χ3v) is 6.72. The summed E-state index contributed by atoms with van der Waals surface area (Å²) in [6.45, 7) is 0.166. The van der Waals surface area contributed by atoms with Crippen LogP contribution in [-0.4, -0.2) is 18.2 Å². The maximum atomic E-state index is 12.4. The van der Waals surface area contributed by atoms with Crippen molar-refractivity contribution >= 4 is 81.0 Å². The zero-order chi connectivity index (χ0) is 24.2. The Balaban J connectivity index is 1.49. The number of hydrogen-bond acceptors (Lipinski definition) is 5. The standard InChI is InChI=1S/C24H16Cl4N2O3S/c1-32-17-6-4-16(5-7-17)29-24-30-23(31)21(34-24)10-13-8-19(27)22(20(28)9-13)33-12-14-2-3-15(25)11-18(14)26/h2-11H,12H2,1H3,(H,29,30,31)/b21-10+. The van der Waals surface area contributed by atoms with Crippen molar-refractivity contribution in [3.8, 4) is 11.5 Å². The first kappa shape index (κ1) is 24.8. The van der Waals surface area contributed by atoms with Crippen LogP contribution < -0.4 is 14.8 Å². The van der Waals surface area contributed by atoms with Gasteiger partial charge in [0.1, 0.15) is 12.4 Å². The van der Waals surface area contributed by atoms with Gasteiger partial charge in [-0.25, -0.2) is 4.99 Å². The van der Waals surface area contributed by atoms with Crippen LogP contribution in [0, 0.1) is 0 Å². The van der Waals surface area contributed by atoms with Gasteiger partial charge in [0.05, 0.1) is 27.7 Å². The molecule has 1 saturated heterocycles. The first-order valence-electron chi connectivity index (χ1n) is 9.82. The van der Waals surface area contributed by atoms with Crippen molar-refractivity contribution in [3.05, 3.63) is 90.7 Å². The molecule has 0 saturated carbocycles. The minimum Gasteiger partial charge on any atom is -0.497 e. The fraction of sp³-hybridized carbons (Fsp3) is 0.0833. The SMILES string of the molecule is COc1ccc(N=C2NC(=O)/C(=C\c3cc(Cl)c(OCc4ccc(Cl)cc4Cl)c(Cl)c3)S2)cc1. The molecule has 10 heteroatoms. The summed E-state index contributed by atoms with van der Waals surface area (Å²) in [7, 11) is 1.59. The summed E-state index contributed by atoms with van der Waals surface area (Å²) in [6, 6.07) is 15.7. The Bertz CT molecular complexity index is 1290. The number of rotatable bonds is 6. The molecule has 1 heterocycles. The van der Waals surface area contributed by atoms with Gasteiger partial charge >= 0.3 is 0 Å². The van der Waals surface area contributed by atoms with Gasteiger partial charge in [-0.05, 0) is 71.9 Å². The smallest absolute Gasteiger partial charge is 0.264 e. The number of hydrogen-bond donors (Lipinski definition) is 1. The second-order valence-corrected chi connectivity index (χ2v) is 9.71. The molecule has 174 valence electrons. The van der Waals surface area contributed by atoms with Crippen LogP contribution in [0.1, 0.15) is 11.1 Å². The molecular formula is C24H16Cl4N2O3S. The van der Waals surface area contributed by atoms with E-state index in [4.69, 9.17) is 55.9 Å². The van der Waals surface area contributed by atoms with Gasteiger partial charge in [-0.1, -0.05) is 52.5 Å². The van der Waals surface area contributed by atoms with Gasteiger partial charge in [-0.2, -0.15) is 0 Å². The van der Waals surface area contributed by atoms with Crippen molar-refractivity contribution in [2.45, 2.75) is 6.61 Å². The Kier molecular flexibility index (Phi) is 7.96. The number of carbonyl (C=O) groups excluding carboxylic acids is 1. The normalized spacial score (nSPS) is 15.6. The second kappa shape index (κ2) is 10.9. The van der Waals surface area contributed by atoms with Gasteiger partial charge in [-0.3, -0.25) is 4.79 Å². The molecule has 1 fully saturated rings. The first-order valence-corrected chi connectivity index (χ1v) is 12.1. The highest BCUT2D eigenvalue weighted by Gasteiger charge is 2.24. The van der Waals surface area contributed by atoms with E-state index in [0.29, 0.717) is 47.2 Å². The predicted molar refractivity (Wildman–Crippen MR) is 141 cm³/mol. The average Bonchev–Trinajstić information content (AvgIpc) is 3.13. The van der Waals surface area contributed by atoms with E-state index in [2.05, 4.69) is 10.3 Å². The lowest BCUT2D eigenvalue weighted by atomic mass is 10.2. The molecule has 34 heavy (non-hydrogen) atoms. The molecule has 1 amide bonds. The van der Waals surface area contributed by atoms with Gasteiger partial charge in [0.25, 0.3) is 5.91 Å². The van der Waals surface area contributed by atoms with E-state index >= 15 is 0 Å². The van der Waals surface area contributed by atoms with E-state index < -0.39 is 0 Å². The number of amidine groups is 1. The number of amides is 1. The van der Waals surface area contributed by atoms with Crippen molar-refractivity contribution in [2.24, 2.45) is 4.99 Å². The fourth-order valence-electron chi connectivity index (χ4n) is 3.00. The summed E-state index contributed by atoms with van der Waals surface area (Å²) >= 11 is 26.2. The van der Waals surface area contributed by atoms with Crippen molar-refractivity contribution < 1.29 is 14.3 Å². The third-order valence-electron chi connectivity index (χ3n) is 4.66. The van der Waals surface area contributed by atoms with Crippen molar-refractivity contribution in [1.82, 2.24) is 5.32 Å². The van der Waals surface area contributed by atoms with E-state index in [9.17, 15) is 4.79 Å². The fourth-order valence-corrected chi connectivity index (χ4v) is 4.91. The number of thioether (sulfide) groups is 1. The molecule has 3 aromatic carbocycles. The molecule has 0 radical (unpaired) electrons. The van der Waals surface area contributed by atoms with Gasteiger partial charge in [0.2, 0.25) is 0 Å². The molecule has 0 aromatic heterocycles. The Hall–Kier alpha value is -2.35. The molecule has 1 N–H and O–H groups in total. The molecule has 0 aliphatic carbocycles. The number of ether oxygens (including phenoxy) is 2. The number of halogens is 4. The molecule has 1 aliphatic rings. The zero-order valence-electron chi connectivity index (χ0n) is 17.6. The van der Waals surface area contributed by atoms with Crippen molar-refractivity contribution in [1.29, 1.82) is 0 Å². The predicted octanol–water partition coefficient (Wildman–Crippen LogP) is 7.78. The Morgan fingerprint density at radius 3 is 2.32 bits per heavy atom. The average molecular weight is 554 g/mol. The van der Waals surface area contributed by atoms with E-state index in [1.165, 1.54) is 11.8 Å². The summed E-state index contributed by atoms with van der Waals surface area (Å²) < 4.78 is 10.9. The molecule has 5 nitrogen and oxygen atoms in total. The Morgan fingerprint density at radius 2 is 1.68 bits per heavy atom. The number of nitrogens with one attached hydrogen (secondary N) is 1. The van der Waals surface area contributed by atoms with E-state index in [1.54, 1.807) is 67.8 Å². The number of nitrogens with zero attached hydrogens (tertiary/aromatic N) is 1. The number of methoxy groups -OCH3 is 1. The maximum Gasteiger partial charge on any atom is 0.264 e. The topological polar surface area (TPSA) is 59.9 Å². The van der Waals surface area contributed by atoms with Gasteiger partial charge in [0.15, 0.2) is 10.9 Å². The number of carbonyl (C=O) groups is 1. The molecule has 1 aliphatic heterocycles. The second-order valence-electron chi connectivity index (χ2n) is 7.02. The number of aliphatic imine (C=N–C) groups is 1. The number of benzene rings is 3. The van der Waals surface area contributed by atoms with Crippen molar-refractivity contribution in [2.75, 3.05) is 7.11 Å². The molecule has 4 rings (SSSR count). The molecule has 0 spiro atoms. The summed E-state index contributed by atoms with van der Waals surface area (Å²) in [6.07, 6.45) is 1.69. The summed E-state index contributed by atoms with van der Waals surface area (Å²) in [5.41, 5.74) is 2.08. The quantitative estimate of drug-likeness (QED) is 0.316. The molecule has 0 bridgehead atoms. The lowest BCUT2D eigenvalue weighted by molar-refractivity contribution is -0.115. The lowest BCUT2D eigenvalue weighted by Crippen LogP contribution is -2.19. The molecule has 0 atom stereocenters. The highest BCUT2D eigenvalue weighted by molar-refractivity contribution is 8.18. The molecule has 3 aromatic rings. The third kappa shape index (κ3) is 6.01. The Morgan fingerprint density at radius 1 is 0.971 bits per heavy atom. The monoisotopic (exact) mass is 552 g/mol. The van der Waals surface area contributed by atoms with Crippen molar-refractivity contribution in [3.63, 3.8) is 0 Å². The lowest BCUT2D eigenvalue weighted by Gasteiger charge is -2.12. The minimum absolute atomic E-state index is 0.166. The van der Waals surface area contributed by atoms with Gasteiger partial charge in [-0.15, -0.1) is 0 Å². The minimum atomic E-state index is -0.262. The largest absolute Gasteiger partial charge is 0.497 e. The summed E-state index contributed by atoms with van der Waals surface area (Å²) in [4.78, 5) is 17.3. The van der Waals surface area contributed by atoms with E-state index in [0.717, 1.165) is 11.3 Å². The van der Waals surface area contributed by atoms with Gasteiger partial charge < -0.3 is 14.8 Å². The summed E-state index contributed by atoms with van der Waals surface area (Å²) in [5, 5.41) is 4.85. The van der Waals surface area contributed by atoms with E-state index in [1.807, 2.05) is 0 Å².